The minimum Gasteiger partial charge on any atom is -0.462 e. The standard InChI is InChI=1S/C51H91O13P/c1-3-5-7-9-11-13-15-17-19-21-23-25-27-29-31-33-35-37-39-44(52)61-41-43(42-62-65(59,60)64-51-49(57)47(55)46(54)48(56)50(51)58)63-45(53)40-38-36-34-32-30-28-26-24-22-20-18-16-14-12-10-8-6-4-2/h13-16,19-22,43,46-51,54-58H,3-12,17-18,23-42H2,1-2H3,(H,59,60)/b15-13-,16-14-,21-19-,22-20-. The lowest BCUT2D eigenvalue weighted by Crippen LogP contribution is -2.64. The van der Waals surface area contributed by atoms with Crippen molar-refractivity contribution in [3.8, 4) is 0 Å². The zero-order valence-electron chi connectivity index (χ0n) is 40.3. The average Bonchev–Trinajstić information content (AvgIpc) is 3.29. The first-order valence-corrected chi connectivity index (χ1v) is 26.9. The van der Waals surface area contributed by atoms with E-state index in [4.69, 9.17) is 18.5 Å². The van der Waals surface area contributed by atoms with Crippen molar-refractivity contribution in [1.29, 1.82) is 0 Å². The Labute approximate surface area is 392 Å². The molecule has 0 spiro atoms. The Hall–Kier alpha value is -2.19. The second kappa shape index (κ2) is 40.8. The lowest BCUT2D eigenvalue weighted by Gasteiger charge is -2.41. The van der Waals surface area contributed by atoms with Crippen molar-refractivity contribution in [2.45, 2.75) is 249 Å². The van der Waals surface area contributed by atoms with Gasteiger partial charge in [0, 0.05) is 12.8 Å². The molecule has 65 heavy (non-hydrogen) atoms. The van der Waals surface area contributed by atoms with Gasteiger partial charge in [-0.15, -0.1) is 0 Å². The minimum absolute atomic E-state index is 0.0852. The molecule has 0 aliphatic heterocycles. The summed E-state index contributed by atoms with van der Waals surface area (Å²) in [7, 11) is -5.13. The number of hydrogen-bond donors (Lipinski definition) is 6. The number of phosphoric ester groups is 1. The molecule has 0 heterocycles. The maximum absolute atomic E-state index is 12.8. The van der Waals surface area contributed by atoms with E-state index in [0.29, 0.717) is 12.8 Å². The van der Waals surface area contributed by atoms with Crippen LogP contribution in [0.5, 0.6) is 0 Å². The summed E-state index contributed by atoms with van der Waals surface area (Å²) in [6.45, 7) is 3.27. The lowest BCUT2D eigenvalue weighted by atomic mass is 9.85. The van der Waals surface area contributed by atoms with Gasteiger partial charge in [-0.3, -0.25) is 18.6 Å². The number of ether oxygens (including phenoxy) is 2. The highest BCUT2D eigenvalue weighted by atomic mass is 31.2. The Balaban J connectivity index is 2.42. The van der Waals surface area contributed by atoms with Crippen LogP contribution in [-0.4, -0.2) is 98.3 Å². The van der Waals surface area contributed by atoms with Crippen molar-refractivity contribution < 1.29 is 63.1 Å². The summed E-state index contributed by atoms with van der Waals surface area (Å²) in [5, 5.41) is 50.2. The van der Waals surface area contributed by atoms with Crippen LogP contribution in [0.15, 0.2) is 48.6 Å². The maximum atomic E-state index is 12.8. The molecule has 14 heteroatoms. The van der Waals surface area contributed by atoms with Gasteiger partial charge in [-0.25, -0.2) is 4.57 Å². The Bertz CT molecular complexity index is 1320. The number of unbranched alkanes of at least 4 members (excludes halogenated alkanes) is 22. The number of esters is 2. The second-order valence-electron chi connectivity index (χ2n) is 17.7. The van der Waals surface area contributed by atoms with Gasteiger partial charge in [0.2, 0.25) is 0 Å². The smallest absolute Gasteiger partial charge is 0.462 e. The highest BCUT2D eigenvalue weighted by Crippen LogP contribution is 2.47. The highest BCUT2D eigenvalue weighted by Gasteiger charge is 2.51. The van der Waals surface area contributed by atoms with Gasteiger partial charge < -0.3 is 39.9 Å². The van der Waals surface area contributed by atoms with Crippen LogP contribution in [0.2, 0.25) is 0 Å². The van der Waals surface area contributed by atoms with Gasteiger partial charge in [0.1, 0.15) is 43.2 Å². The third-order valence-corrected chi connectivity index (χ3v) is 12.6. The molecule has 0 aromatic heterocycles. The molecular formula is C51H91O13P. The topological polar surface area (TPSA) is 210 Å². The first-order valence-electron chi connectivity index (χ1n) is 25.4. The Morgan fingerprint density at radius 2 is 0.831 bits per heavy atom. The number of aliphatic hydroxyl groups excluding tert-OH is 5. The number of rotatable bonds is 42. The van der Waals surface area contributed by atoms with Gasteiger partial charge in [-0.05, 0) is 77.0 Å². The third kappa shape index (κ3) is 33.0. The second-order valence-corrected chi connectivity index (χ2v) is 19.1. The summed E-state index contributed by atoms with van der Waals surface area (Å²) in [6.07, 6.45) is 35.8. The van der Waals surface area contributed by atoms with Crippen LogP contribution >= 0.6 is 7.82 Å². The van der Waals surface area contributed by atoms with Crippen LogP contribution in [0.25, 0.3) is 0 Å². The average molecular weight is 943 g/mol. The van der Waals surface area contributed by atoms with Crippen LogP contribution in [0.3, 0.4) is 0 Å². The van der Waals surface area contributed by atoms with Crippen molar-refractivity contribution in [1.82, 2.24) is 0 Å². The number of hydrogen-bond acceptors (Lipinski definition) is 12. The molecule has 0 aromatic carbocycles. The van der Waals surface area contributed by atoms with Gasteiger partial charge in [0.05, 0.1) is 6.61 Å². The van der Waals surface area contributed by atoms with Crippen molar-refractivity contribution in [2.24, 2.45) is 0 Å². The lowest BCUT2D eigenvalue weighted by molar-refractivity contribution is -0.220. The molecule has 0 aromatic rings. The summed E-state index contributed by atoms with van der Waals surface area (Å²) < 4.78 is 33.6. The molecule has 1 rings (SSSR count). The van der Waals surface area contributed by atoms with Crippen molar-refractivity contribution in [3.05, 3.63) is 48.6 Å². The minimum atomic E-state index is -5.13. The normalized spacial score (nSPS) is 21.8. The fraction of sp³-hybridized carbons (Fsp3) is 0.804. The Kier molecular flexibility index (Phi) is 38.2. The summed E-state index contributed by atoms with van der Waals surface area (Å²) in [4.78, 5) is 35.8. The van der Waals surface area contributed by atoms with Gasteiger partial charge >= 0.3 is 19.8 Å². The van der Waals surface area contributed by atoms with Gasteiger partial charge in [0.25, 0.3) is 0 Å². The highest BCUT2D eigenvalue weighted by molar-refractivity contribution is 7.47. The maximum Gasteiger partial charge on any atom is 0.472 e. The van der Waals surface area contributed by atoms with Gasteiger partial charge in [-0.1, -0.05) is 165 Å². The van der Waals surface area contributed by atoms with E-state index in [9.17, 15) is 44.6 Å². The van der Waals surface area contributed by atoms with E-state index in [1.807, 2.05) is 0 Å². The van der Waals surface area contributed by atoms with E-state index in [0.717, 1.165) is 96.3 Å². The molecule has 6 unspecified atom stereocenters. The molecule has 378 valence electrons. The van der Waals surface area contributed by atoms with Gasteiger partial charge in [0.15, 0.2) is 6.10 Å². The summed E-state index contributed by atoms with van der Waals surface area (Å²) in [5.74, 6) is -1.12. The fourth-order valence-corrected chi connectivity index (χ4v) is 8.50. The van der Waals surface area contributed by atoms with Crippen LogP contribution < -0.4 is 0 Å². The number of phosphoric acid groups is 1. The quantitative estimate of drug-likeness (QED) is 0.0146. The molecule has 0 amide bonds. The van der Waals surface area contributed by atoms with Crippen LogP contribution in [0, 0.1) is 0 Å². The van der Waals surface area contributed by atoms with Crippen molar-refractivity contribution >= 4 is 19.8 Å². The molecule has 0 bridgehead atoms. The molecule has 6 atom stereocenters. The van der Waals surface area contributed by atoms with E-state index in [-0.39, 0.29) is 12.8 Å². The van der Waals surface area contributed by atoms with Crippen molar-refractivity contribution in [2.75, 3.05) is 13.2 Å². The zero-order chi connectivity index (χ0) is 47.8. The fourth-order valence-electron chi connectivity index (χ4n) is 7.52. The van der Waals surface area contributed by atoms with E-state index in [1.54, 1.807) is 0 Å². The molecule has 0 radical (unpaired) electrons. The molecule has 1 fully saturated rings. The summed E-state index contributed by atoms with van der Waals surface area (Å²) in [5.41, 5.74) is 0. The molecule has 0 saturated heterocycles. The molecular weight excluding hydrogens is 852 g/mol. The van der Waals surface area contributed by atoms with Crippen LogP contribution in [0.4, 0.5) is 0 Å². The molecule has 1 aliphatic rings. The van der Waals surface area contributed by atoms with Gasteiger partial charge in [-0.2, -0.15) is 0 Å². The number of carbonyl (C=O) groups excluding carboxylic acids is 2. The first-order chi connectivity index (χ1) is 31.4. The number of aliphatic hydroxyl groups is 5. The van der Waals surface area contributed by atoms with Crippen molar-refractivity contribution in [3.63, 3.8) is 0 Å². The molecule has 6 N–H and O–H groups in total. The largest absolute Gasteiger partial charge is 0.472 e. The van der Waals surface area contributed by atoms with Crippen LogP contribution in [-0.2, 0) is 32.7 Å². The summed E-state index contributed by atoms with van der Waals surface area (Å²) >= 11 is 0. The summed E-state index contributed by atoms with van der Waals surface area (Å²) in [6, 6.07) is 0. The van der Waals surface area contributed by atoms with E-state index < -0.39 is 75.7 Å². The predicted molar refractivity (Wildman–Crippen MR) is 258 cm³/mol. The molecule has 1 aliphatic carbocycles. The number of carbonyl (C=O) groups is 2. The van der Waals surface area contributed by atoms with E-state index in [1.165, 1.54) is 70.6 Å². The van der Waals surface area contributed by atoms with Crippen LogP contribution in [0.1, 0.15) is 206 Å². The monoisotopic (exact) mass is 943 g/mol. The zero-order valence-corrected chi connectivity index (χ0v) is 41.2. The van der Waals surface area contributed by atoms with E-state index >= 15 is 0 Å². The third-order valence-electron chi connectivity index (χ3n) is 11.6. The number of allylic oxidation sites excluding steroid dienone is 8. The first kappa shape index (κ1) is 60.8. The SMILES string of the molecule is CCCCCC/C=C\C/C=C\CCCCCCCCCC(=O)OCC(COP(=O)(O)OC1C(O)C(O)C(O)C(O)C1O)OC(=O)CCCCCCCCC/C=C\C/C=C\CCCCCC. The van der Waals surface area contributed by atoms with E-state index in [2.05, 4.69) is 62.5 Å². The Morgan fingerprint density at radius 3 is 1.25 bits per heavy atom. The predicted octanol–water partition coefficient (Wildman–Crippen LogP) is 10.7. The molecule has 13 nitrogen and oxygen atoms in total. The molecule has 1 saturated carbocycles. The Morgan fingerprint density at radius 1 is 0.477 bits per heavy atom.